The van der Waals surface area contributed by atoms with E-state index in [1.165, 1.54) is 17.1 Å². The summed E-state index contributed by atoms with van der Waals surface area (Å²) in [6, 6.07) is 17.0. The molecule has 0 saturated carbocycles. The van der Waals surface area contributed by atoms with Gasteiger partial charge in [0.15, 0.2) is 0 Å². The summed E-state index contributed by atoms with van der Waals surface area (Å²) < 4.78 is 0. The van der Waals surface area contributed by atoms with E-state index in [2.05, 4.69) is 64.1 Å². The van der Waals surface area contributed by atoms with Gasteiger partial charge in [0.05, 0.1) is 11.4 Å². The van der Waals surface area contributed by atoms with Crippen LogP contribution in [0.3, 0.4) is 0 Å². The Kier molecular flexibility index (Phi) is 2.81. The lowest BCUT2D eigenvalue weighted by Crippen LogP contribution is -2.29. The second-order valence-corrected chi connectivity index (χ2v) is 4.39. The Hall–Kier alpha value is -2.16. The summed E-state index contributed by atoms with van der Waals surface area (Å²) in [7, 11) is 1.94. The van der Waals surface area contributed by atoms with Gasteiger partial charge in [0.2, 0.25) is 0 Å². The van der Waals surface area contributed by atoms with E-state index in [0.717, 1.165) is 18.8 Å². The fourth-order valence-electron chi connectivity index (χ4n) is 2.36. The summed E-state index contributed by atoms with van der Waals surface area (Å²) >= 11 is 0. The van der Waals surface area contributed by atoms with Gasteiger partial charge in [-0.2, -0.15) is 0 Å². The number of hydrogen-bond donors (Lipinski definition) is 2. The van der Waals surface area contributed by atoms with Crippen LogP contribution in [0.4, 0.5) is 22.7 Å². The molecule has 92 valence electrons. The fraction of sp³-hybridized carbons (Fsp3) is 0.200. The third-order valence-electron chi connectivity index (χ3n) is 3.31. The molecule has 2 aromatic carbocycles. The van der Waals surface area contributed by atoms with Crippen LogP contribution in [0.25, 0.3) is 0 Å². The Balaban J connectivity index is 1.97. The van der Waals surface area contributed by atoms with Crippen molar-refractivity contribution in [2.75, 3.05) is 35.7 Å². The first-order valence-electron chi connectivity index (χ1n) is 6.27. The molecular formula is C15H17N3. The number of rotatable bonds is 2. The highest BCUT2D eigenvalue weighted by Crippen LogP contribution is 2.34. The van der Waals surface area contributed by atoms with Gasteiger partial charge in [0.1, 0.15) is 0 Å². The number of para-hydroxylation sites is 2. The van der Waals surface area contributed by atoms with Crippen molar-refractivity contribution in [2.45, 2.75) is 0 Å². The van der Waals surface area contributed by atoms with Crippen LogP contribution < -0.4 is 15.5 Å². The molecule has 0 unspecified atom stereocenters. The average Bonchev–Trinajstić information content (AvgIpc) is 2.47. The van der Waals surface area contributed by atoms with E-state index in [4.69, 9.17) is 0 Å². The predicted molar refractivity (Wildman–Crippen MR) is 77.9 cm³/mol. The highest BCUT2D eigenvalue weighted by molar-refractivity contribution is 5.78. The molecule has 0 aliphatic carbocycles. The molecule has 0 aromatic heterocycles. The molecule has 3 nitrogen and oxygen atoms in total. The van der Waals surface area contributed by atoms with Crippen LogP contribution in [0.15, 0.2) is 48.5 Å². The molecule has 0 saturated heterocycles. The lowest BCUT2D eigenvalue weighted by atomic mass is 10.1. The van der Waals surface area contributed by atoms with Crippen molar-refractivity contribution in [3.63, 3.8) is 0 Å². The van der Waals surface area contributed by atoms with Gasteiger partial charge in [0, 0.05) is 31.5 Å². The molecule has 2 aromatic rings. The largest absolute Gasteiger partial charge is 0.388 e. The number of benzene rings is 2. The van der Waals surface area contributed by atoms with Crippen molar-refractivity contribution in [2.24, 2.45) is 0 Å². The zero-order valence-corrected chi connectivity index (χ0v) is 10.5. The Morgan fingerprint density at radius 3 is 2.61 bits per heavy atom. The first-order valence-corrected chi connectivity index (χ1v) is 6.27. The minimum Gasteiger partial charge on any atom is -0.388 e. The maximum atomic E-state index is 3.43. The van der Waals surface area contributed by atoms with E-state index in [9.17, 15) is 0 Å². The minimum absolute atomic E-state index is 0.977. The second-order valence-electron chi connectivity index (χ2n) is 4.39. The van der Waals surface area contributed by atoms with E-state index >= 15 is 0 Å². The van der Waals surface area contributed by atoms with Crippen LogP contribution in [-0.2, 0) is 0 Å². The minimum atomic E-state index is 0.977. The van der Waals surface area contributed by atoms with Crippen molar-refractivity contribution in [1.82, 2.24) is 0 Å². The van der Waals surface area contributed by atoms with Crippen LogP contribution in [0.1, 0.15) is 0 Å². The molecule has 0 fully saturated rings. The molecule has 0 bridgehead atoms. The number of nitrogens with zero attached hydrogens (tertiary/aromatic N) is 1. The summed E-state index contributed by atoms with van der Waals surface area (Å²) in [5.74, 6) is 0. The van der Waals surface area contributed by atoms with Gasteiger partial charge in [-0.25, -0.2) is 0 Å². The fourth-order valence-corrected chi connectivity index (χ4v) is 2.36. The first-order chi connectivity index (χ1) is 8.88. The van der Waals surface area contributed by atoms with Crippen molar-refractivity contribution in [3.8, 4) is 0 Å². The molecule has 0 atom stereocenters. The van der Waals surface area contributed by atoms with E-state index in [1.807, 2.05) is 7.05 Å². The van der Waals surface area contributed by atoms with Gasteiger partial charge in [-0.05, 0) is 36.4 Å². The predicted octanol–water partition coefficient (Wildman–Crippen LogP) is 3.29. The van der Waals surface area contributed by atoms with Crippen LogP contribution in [0, 0.1) is 0 Å². The molecule has 2 N–H and O–H groups in total. The molecule has 1 heterocycles. The quantitative estimate of drug-likeness (QED) is 0.842. The van der Waals surface area contributed by atoms with Crippen molar-refractivity contribution >= 4 is 22.7 Å². The number of hydrogen-bond acceptors (Lipinski definition) is 3. The SMILES string of the molecule is CNc1ccc(N2CCNc3ccccc32)cc1. The molecule has 0 radical (unpaired) electrons. The Morgan fingerprint density at radius 2 is 1.83 bits per heavy atom. The molecule has 3 rings (SSSR count). The molecule has 0 amide bonds. The Bertz CT molecular complexity index is 534. The maximum absolute atomic E-state index is 3.43. The van der Waals surface area contributed by atoms with E-state index in [-0.39, 0.29) is 0 Å². The third kappa shape index (κ3) is 1.88. The van der Waals surface area contributed by atoms with Gasteiger partial charge in [0.25, 0.3) is 0 Å². The summed E-state index contributed by atoms with van der Waals surface area (Å²) in [6.45, 7) is 1.97. The molecule has 1 aliphatic heterocycles. The molecule has 0 spiro atoms. The normalized spacial score (nSPS) is 13.7. The summed E-state index contributed by atoms with van der Waals surface area (Å²) in [5, 5.41) is 6.58. The van der Waals surface area contributed by atoms with Crippen LogP contribution in [-0.4, -0.2) is 20.1 Å². The van der Waals surface area contributed by atoms with E-state index in [1.54, 1.807) is 0 Å². The number of nitrogens with one attached hydrogen (secondary N) is 2. The van der Waals surface area contributed by atoms with Crippen LogP contribution in [0.5, 0.6) is 0 Å². The van der Waals surface area contributed by atoms with Gasteiger partial charge in [-0.3, -0.25) is 0 Å². The number of fused-ring (bicyclic) bond motifs is 1. The van der Waals surface area contributed by atoms with Crippen LogP contribution in [0.2, 0.25) is 0 Å². The molecule has 18 heavy (non-hydrogen) atoms. The Labute approximate surface area is 107 Å². The second kappa shape index (κ2) is 4.61. The standard InChI is InChI=1S/C15H17N3/c1-16-12-6-8-13(9-7-12)18-11-10-17-14-4-2-3-5-15(14)18/h2-9,16-17H,10-11H2,1H3. The highest BCUT2D eigenvalue weighted by atomic mass is 15.2. The summed E-state index contributed by atoms with van der Waals surface area (Å²) in [4.78, 5) is 2.35. The zero-order valence-electron chi connectivity index (χ0n) is 10.5. The van der Waals surface area contributed by atoms with E-state index in [0.29, 0.717) is 0 Å². The molecule has 1 aliphatic rings. The van der Waals surface area contributed by atoms with Crippen LogP contribution >= 0.6 is 0 Å². The third-order valence-corrected chi connectivity index (χ3v) is 3.31. The number of anilines is 4. The van der Waals surface area contributed by atoms with Crippen molar-refractivity contribution in [1.29, 1.82) is 0 Å². The first kappa shape index (κ1) is 11.0. The monoisotopic (exact) mass is 239 g/mol. The lowest BCUT2D eigenvalue weighted by Gasteiger charge is -2.32. The zero-order chi connectivity index (χ0) is 12.4. The highest BCUT2D eigenvalue weighted by Gasteiger charge is 2.16. The topological polar surface area (TPSA) is 27.3 Å². The van der Waals surface area contributed by atoms with Gasteiger partial charge >= 0.3 is 0 Å². The lowest BCUT2D eigenvalue weighted by molar-refractivity contribution is 0.927. The van der Waals surface area contributed by atoms with Gasteiger partial charge in [-0.15, -0.1) is 0 Å². The maximum Gasteiger partial charge on any atom is 0.0647 e. The molecule has 3 heteroatoms. The van der Waals surface area contributed by atoms with E-state index < -0.39 is 0 Å². The summed E-state index contributed by atoms with van der Waals surface area (Å²) in [6.07, 6.45) is 0. The Morgan fingerprint density at radius 1 is 1.06 bits per heavy atom. The summed E-state index contributed by atoms with van der Waals surface area (Å²) in [5.41, 5.74) is 4.84. The smallest absolute Gasteiger partial charge is 0.0647 e. The van der Waals surface area contributed by atoms with Crippen molar-refractivity contribution in [3.05, 3.63) is 48.5 Å². The van der Waals surface area contributed by atoms with Gasteiger partial charge < -0.3 is 15.5 Å². The molecular weight excluding hydrogens is 222 g/mol. The van der Waals surface area contributed by atoms with Gasteiger partial charge in [-0.1, -0.05) is 12.1 Å². The van der Waals surface area contributed by atoms with Crippen molar-refractivity contribution < 1.29 is 0 Å². The average molecular weight is 239 g/mol.